The number of carbonyl (C=O) groups excluding carboxylic acids is 2. The van der Waals surface area contributed by atoms with E-state index in [1.165, 1.54) is 6.07 Å². The van der Waals surface area contributed by atoms with Crippen molar-refractivity contribution in [3.63, 3.8) is 0 Å². The fourth-order valence-electron chi connectivity index (χ4n) is 3.15. The number of Topliss-reactive ketones (excluding diaryl/α,β-unsaturated/α-hetero) is 1. The zero-order valence-electron chi connectivity index (χ0n) is 15.7. The lowest BCUT2D eigenvalue weighted by Gasteiger charge is -2.35. The molecular weight excluding hydrogens is 345 g/mol. The number of aryl methyl sites for hydroxylation is 1. The molecule has 6 heteroatoms. The van der Waals surface area contributed by atoms with Gasteiger partial charge in [0, 0.05) is 43.1 Å². The zero-order valence-corrected chi connectivity index (χ0v) is 15.7. The predicted octanol–water partition coefficient (Wildman–Crippen LogP) is 3.10. The van der Waals surface area contributed by atoms with Gasteiger partial charge in [0.25, 0.3) is 0 Å². The van der Waals surface area contributed by atoms with Crippen molar-refractivity contribution in [1.29, 1.82) is 0 Å². The first-order valence-corrected chi connectivity index (χ1v) is 9.06. The number of rotatable bonds is 5. The minimum absolute atomic E-state index is 0.0610. The minimum atomic E-state index is -0.322. The Labute approximate surface area is 158 Å². The SMILES string of the molecule is CC(=O)c1ccc(N2CCN(CC(=O)Nc3ccc(C)c(F)c3)CC2)cc1. The molecule has 0 spiro atoms. The molecule has 142 valence electrons. The quantitative estimate of drug-likeness (QED) is 0.823. The summed E-state index contributed by atoms with van der Waals surface area (Å²) >= 11 is 0. The Bertz CT molecular complexity index is 828. The van der Waals surface area contributed by atoms with Gasteiger partial charge in [0.15, 0.2) is 5.78 Å². The highest BCUT2D eigenvalue weighted by Crippen LogP contribution is 2.18. The van der Waals surface area contributed by atoms with Gasteiger partial charge in [0.1, 0.15) is 5.82 Å². The van der Waals surface area contributed by atoms with Crippen LogP contribution >= 0.6 is 0 Å². The number of nitrogens with zero attached hydrogens (tertiary/aromatic N) is 2. The molecule has 2 aromatic carbocycles. The fourth-order valence-corrected chi connectivity index (χ4v) is 3.15. The van der Waals surface area contributed by atoms with Gasteiger partial charge in [-0.05, 0) is 55.8 Å². The summed E-state index contributed by atoms with van der Waals surface area (Å²) in [6.07, 6.45) is 0. The fraction of sp³-hybridized carbons (Fsp3) is 0.333. The van der Waals surface area contributed by atoms with Gasteiger partial charge in [-0.25, -0.2) is 4.39 Å². The molecule has 0 atom stereocenters. The first-order valence-electron chi connectivity index (χ1n) is 9.06. The van der Waals surface area contributed by atoms with Crippen LogP contribution in [0, 0.1) is 12.7 Å². The number of halogens is 1. The monoisotopic (exact) mass is 369 g/mol. The summed E-state index contributed by atoms with van der Waals surface area (Å²) in [5.74, 6) is -0.402. The molecule has 0 radical (unpaired) electrons. The number of ketones is 1. The maximum Gasteiger partial charge on any atom is 0.238 e. The number of carbonyl (C=O) groups is 2. The van der Waals surface area contributed by atoms with E-state index in [1.807, 2.05) is 24.3 Å². The van der Waals surface area contributed by atoms with Gasteiger partial charge in [-0.3, -0.25) is 14.5 Å². The number of amides is 1. The maximum absolute atomic E-state index is 13.6. The van der Waals surface area contributed by atoms with Crippen LogP contribution in [0.15, 0.2) is 42.5 Å². The lowest BCUT2D eigenvalue weighted by Crippen LogP contribution is -2.48. The molecule has 1 aliphatic heterocycles. The molecule has 5 nitrogen and oxygen atoms in total. The van der Waals surface area contributed by atoms with E-state index in [9.17, 15) is 14.0 Å². The van der Waals surface area contributed by atoms with E-state index in [0.29, 0.717) is 16.8 Å². The molecule has 1 amide bonds. The van der Waals surface area contributed by atoms with E-state index < -0.39 is 0 Å². The summed E-state index contributed by atoms with van der Waals surface area (Å²) in [6, 6.07) is 12.3. The number of anilines is 2. The first kappa shape index (κ1) is 19.0. The summed E-state index contributed by atoms with van der Waals surface area (Å²) in [5.41, 5.74) is 2.83. The molecule has 1 aliphatic rings. The number of benzene rings is 2. The second kappa shape index (κ2) is 8.31. The first-order chi connectivity index (χ1) is 12.9. The second-order valence-corrected chi connectivity index (χ2v) is 6.88. The number of piperazine rings is 1. The van der Waals surface area contributed by atoms with Gasteiger partial charge < -0.3 is 10.2 Å². The van der Waals surface area contributed by atoms with Gasteiger partial charge in [0.2, 0.25) is 5.91 Å². The third kappa shape index (κ3) is 4.92. The van der Waals surface area contributed by atoms with Crippen LogP contribution in [0.5, 0.6) is 0 Å². The van der Waals surface area contributed by atoms with Crippen molar-refractivity contribution in [2.75, 3.05) is 42.9 Å². The van der Waals surface area contributed by atoms with Crippen LogP contribution in [-0.4, -0.2) is 49.3 Å². The lowest BCUT2D eigenvalue weighted by atomic mass is 10.1. The Kier molecular flexibility index (Phi) is 5.86. The topological polar surface area (TPSA) is 52.7 Å². The summed E-state index contributed by atoms with van der Waals surface area (Å²) in [6.45, 7) is 6.69. The maximum atomic E-state index is 13.6. The Balaban J connectivity index is 1.49. The average Bonchev–Trinajstić information content (AvgIpc) is 2.65. The highest BCUT2D eigenvalue weighted by molar-refractivity contribution is 5.94. The molecule has 1 heterocycles. The molecule has 0 bridgehead atoms. The summed E-state index contributed by atoms with van der Waals surface area (Å²) < 4.78 is 13.6. The van der Waals surface area contributed by atoms with Gasteiger partial charge in [-0.1, -0.05) is 6.07 Å². The summed E-state index contributed by atoms with van der Waals surface area (Å²) in [7, 11) is 0. The summed E-state index contributed by atoms with van der Waals surface area (Å²) in [4.78, 5) is 27.9. The van der Waals surface area contributed by atoms with E-state index in [1.54, 1.807) is 26.0 Å². The largest absolute Gasteiger partial charge is 0.369 e. The standard InChI is InChI=1S/C21H24FN3O2/c1-15-3-6-18(13-20(15)22)23-21(27)14-24-9-11-25(12-10-24)19-7-4-17(5-8-19)16(2)26/h3-8,13H,9-12,14H2,1-2H3,(H,23,27). The van der Waals surface area contributed by atoms with Gasteiger partial charge in [-0.15, -0.1) is 0 Å². The molecular formula is C21H24FN3O2. The zero-order chi connectivity index (χ0) is 19.4. The van der Waals surface area contributed by atoms with Crippen molar-refractivity contribution in [2.45, 2.75) is 13.8 Å². The van der Waals surface area contributed by atoms with Crippen molar-refractivity contribution in [3.05, 3.63) is 59.4 Å². The second-order valence-electron chi connectivity index (χ2n) is 6.88. The third-order valence-electron chi connectivity index (χ3n) is 4.83. The van der Waals surface area contributed by atoms with Crippen LogP contribution in [0.3, 0.4) is 0 Å². The van der Waals surface area contributed by atoms with Gasteiger partial charge in [0.05, 0.1) is 6.54 Å². The van der Waals surface area contributed by atoms with E-state index in [4.69, 9.17) is 0 Å². The third-order valence-corrected chi connectivity index (χ3v) is 4.83. The molecule has 1 N–H and O–H groups in total. The Morgan fingerprint density at radius 2 is 1.70 bits per heavy atom. The molecule has 3 rings (SSSR count). The smallest absolute Gasteiger partial charge is 0.238 e. The Hall–Kier alpha value is -2.73. The summed E-state index contributed by atoms with van der Waals surface area (Å²) in [5, 5.41) is 2.75. The van der Waals surface area contributed by atoms with Gasteiger partial charge >= 0.3 is 0 Å². The predicted molar refractivity (Wildman–Crippen MR) is 105 cm³/mol. The highest BCUT2D eigenvalue weighted by atomic mass is 19.1. The van der Waals surface area contributed by atoms with Crippen molar-refractivity contribution < 1.29 is 14.0 Å². The molecule has 2 aromatic rings. The molecule has 1 fully saturated rings. The van der Waals surface area contributed by atoms with E-state index in [0.717, 1.165) is 31.9 Å². The molecule has 0 unspecified atom stereocenters. The van der Waals surface area contributed by atoms with Crippen molar-refractivity contribution in [1.82, 2.24) is 4.90 Å². The molecule has 0 aliphatic carbocycles. The molecule has 1 saturated heterocycles. The van der Waals surface area contributed by atoms with Crippen LogP contribution in [0.4, 0.5) is 15.8 Å². The van der Waals surface area contributed by atoms with Crippen LogP contribution in [0.1, 0.15) is 22.8 Å². The van der Waals surface area contributed by atoms with E-state index >= 15 is 0 Å². The number of nitrogens with one attached hydrogen (secondary N) is 1. The molecule has 27 heavy (non-hydrogen) atoms. The van der Waals surface area contributed by atoms with E-state index in [2.05, 4.69) is 15.1 Å². The Morgan fingerprint density at radius 3 is 2.30 bits per heavy atom. The van der Waals surface area contributed by atoms with Crippen LogP contribution in [0.25, 0.3) is 0 Å². The van der Waals surface area contributed by atoms with Gasteiger partial charge in [-0.2, -0.15) is 0 Å². The number of hydrogen-bond acceptors (Lipinski definition) is 4. The average molecular weight is 369 g/mol. The van der Waals surface area contributed by atoms with Crippen molar-refractivity contribution in [2.24, 2.45) is 0 Å². The van der Waals surface area contributed by atoms with Crippen molar-refractivity contribution >= 4 is 23.1 Å². The van der Waals surface area contributed by atoms with Crippen LogP contribution in [-0.2, 0) is 4.79 Å². The molecule has 0 saturated carbocycles. The lowest BCUT2D eigenvalue weighted by molar-refractivity contribution is -0.117. The Morgan fingerprint density at radius 1 is 1.04 bits per heavy atom. The van der Waals surface area contributed by atoms with Crippen LogP contribution in [0.2, 0.25) is 0 Å². The van der Waals surface area contributed by atoms with Crippen molar-refractivity contribution in [3.8, 4) is 0 Å². The highest BCUT2D eigenvalue weighted by Gasteiger charge is 2.19. The minimum Gasteiger partial charge on any atom is -0.369 e. The number of hydrogen-bond donors (Lipinski definition) is 1. The molecule has 0 aromatic heterocycles. The van der Waals surface area contributed by atoms with E-state index in [-0.39, 0.29) is 24.1 Å². The normalized spacial score (nSPS) is 14.9. The van der Waals surface area contributed by atoms with Crippen LogP contribution < -0.4 is 10.2 Å².